The lowest BCUT2D eigenvalue weighted by Gasteiger charge is -2.11. The van der Waals surface area contributed by atoms with Crippen molar-refractivity contribution < 1.29 is 12.8 Å². The molecule has 0 saturated heterocycles. The van der Waals surface area contributed by atoms with E-state index < -0.39 is 15.8 Å². The molecule has 0 unspecified atom stereocenters. The van der Waals surface area contributed by atoms with Gasteiger partial charge in [-0.25, -0.2) is 17.8 Å². The summed E-state index contributed by atoms with van der Waals surface area (Å²) in [6, 6.07) is 11.5. The molecule has 4 rings (SSSR count). The Morgan fingerprint density at radius 3 is 2.55 bits per heavy atom. The number of anilines is 1. The number of benzene rings is 2. The average Bonchev–Trinajstić information content (AvgIpc) is 3.04. The predicted molar refractivity (Wildman–Crippen MR) is 111 cm³/mol. The molecule has 3 aromatic rings. The van der Waals surface area contributed by atoms with E-state index in [1.165, 1.54) is 24.3 Å². The van der Waals surface area contributed by atoms with Crippen LogP contribution in [0.2, 0.25) is 10.0 Å². The molecule has 1 aliphatic heterocycles. The van der Waals surface area contributed by atoms with Gasteiger partial charge in [-0.2, -0.15) is 0 Å². The Hall–Kier alpha value is -2.68. The maximum atomic E-state index is 13.6. The van der Waals surface area contributed by atoms with Gasteiger partial charge >= 0.3 is 0 Å². The molecule has 2 aromatic carbocycles. The molecular weight excluding hydrogens is 438 g/mol. The van der Waals surface area contributed by atoms with Gasteiger partial charge in [0.2, 0.25) is 0 Å². The van der Waals surface area contributed by atoms with E-state index in [0.717, 1.165) is 11.6 Å². The third-order valence-electron chi connectivity index (χ3n) is 4.34. The number of amidine groups is 1. The number of hydrogen-bond acceptors (Lipinski definition) is 5. The number of pyridine rings is 1. The van der Waals surface area contributed by atoms with E-state index in [1.807, 2.05) is 6.07 Å². The van der Waals surface area contributed by atoms with E-state index in [4.69, 9.17) is 28.9 Å². The molecule has 0 atom stereocenters. The van der Waals surface area contributed by atoms with Crippen molar-refractivity contribution in [2.45, 2.75) is 11.4 Å². The number of nitrogens with two attached hydrogens (primary N) is 1. The highest BCUT2D eigenvalue weighted by Gasteiger charge is 2.19. The molecule has 1 aliphatic rings. The van der Waals surface area contributed by atoms with Gasteiger partial charge in [-0.05, 0) is 42.5 Å². The Labute approximate surface area is 176 Å². The number of sulfonamides is 1. The van der Waals surface area contributed by atoms with Crippen LogP contribution in [0.5, 0.6) is 0 Å². The minimum atomic E-state index is -4.02. The van der Waals surface area contributed by atoms with Crippen molar-refractivity contribution >= 4 is 44.7 Å². The fraction of sp³-hybridized carbons (Fsp3) is 0.0526. The van der Waals surface area contributed by atoms with Gasteiger partial charge in [0.15, 0.2) is 0 Å². The second kappa shape index (κ2) is 7.29. The van der Waals surface area contributed by atoms with E-state index in [0.29, 0.717) is 29.3 Å². The quantitative estimate of drug-likeness (QED) is 0.621. The number of nitrogens with zero attached hydrogens (tertiary/aromatic N) is 2. The van der Waals surface area contributed by atoms with Crippen LogP contribution in [-0.2, 0) is 16.6 Å². The fourth-order valence-electron chi connectivity index (χ4n) is 2.88. The number of rotatable bonds is 4. The molecule has 29 heavy (non-hydrogen) atoms. The van der Waals surface area contributed by atoms with E-state index >= 15 is 0 Å². The largest absolute Gasteiger partial charge is 0.382 e. The predicted octanol–water partition coefficient (Wildman–Crippen LogP) is 4.21. The molecule has 0 fully saturated rings. The molecule has 1 aromatic heterocycles. The molecular formula is C19H13Cl2FN4O2S. The summed E-state index contributed by atoms with van der Waals surface area (Å²) in [6.45, 7) is 0.494. The molecule has 2 heterocycles. The highest BCUT2D eigenvalue weighted by Crippen LogP contribution is 2.31. The molecule has 0 amide bonds. The number of halogens is 3. The smallest absolute Gasteiger partial charge is 0.261 e. The molecule has 0 bridgehead atoms. The van der Waals surface area contributed by atoms with Gasteiger partial charge in [-0.3, -0.25) is 9.71 Å². The van der Waals surface area contributed by atoms with Gasteiger partial charge in [0.05, 0.1) is 32.9 Å². The lowest BCUT2D eigenvalue weighted by Crippen LogP contribution is -2.13. The van der Waals surface area contributed by atoms with E-state index in [2.05, 4.69) is 14.7 Å². The summed E-state index contributed by atoms with van der Waals surface area (Å²) in [5.74, 6) is -0.453. The summed E-state index contributed by atoms with van der Waals surface area (Å²) in [6.07, 6.45) is 0. The number of aromatic nitrogens is 1. The van der Waals surface area contributed by atoms with Crippen LogP contribution in [0.4, 0.5) is 10.1 Å². The molecule has 0 aliphatic carbocycles. The van der Waals surface area contributed by atoms with Crippen molar-refractivity contribution in [3.05, 3.63) is 75.7 Å². The van der Waals surface area contributed by atoms with E-state index in [1.54, 1.807) is 12.1 Å². The van der Waals surface area contributed by atoms with Gasteiger partial charge < -0.3 is 5.73 Å². The lowest BCUT2D eigenvalue weighted by atomic mass is 10.1. The van der Waals surface area contributed by atoms with Crippen LogP contribution in [0.3, 0.4) is 0 Å². The number of fused-ring (bicyclic) bond motifs is 1. The Bertz CT molecular complexity index is 1280. The monoisotopic (exact) mass is 450 g/mol. The molecule has 0 radical (unpaired) electrons. The second-order valence-electron chi connectivity index (χ2n) is 6.28. The number of hydrogen-bond donors (Lipinski definition) is 2. The van der Waals surface area contributed by atoms with Crippen molar-refractivity contribution in [3.8, 4) is 11.3 Å². The van der Waals surface area contributed by atoms with Crippen LogP contribution in [0, 0.1) is 5.82 Å². The first-order valence-electron chi connectivity index (χ1n) is 8.32. The molecule has 10 heteroatoms. The lowest BCUT2D eigenvalue weighted by molar-refractivity contribution is 0.595. The first-order chi connectivity index (χ1) is 13.7. The minimum absolute atomic E-state index is 0.163. The third kappa shape index (κ3) is 3.78. The zero-order chi connectivity index (χ0) is 20.8. The van der Waals surface area contributed by atoms with Crippen LogP contribution in [0.1, 0.15) is 11.3 Å². The zero-order valence-corrected chi connectivity index (χ0v) is 17.0. The maximum absolute atomic E-state index is 13.6. The van der Waals surface area contributed by atoms with E-state index in [9.17, 15) is 12.8 Å². The van der Waals surface area contributed by atoms with E-state index in [-0.39, 0.29) is 20.6 Å². The van der Waals surface area contributed by atoms with Crippen molar-refractivity contribution in [2.75, 3.05) is 4.72 Å². The molecule has 0 spiro atoms. The Morgan fingerprint density at radius 1 is 1.03 bits per heavy atom. The standard InChI is InChI=1S/C19H13Cl2FN4O2S/c20-14-5-3-12(8-16(14)22)29(27,28)26-11-2-4-13(15(21)7-11)17-6-1-10-9-24-19(23)18(10)25-17/h1-8,26H,9H2,(H2,23,24). The van der Waals surface area contributed by atoms with Crippen LogP contribution < -0.4 is 10.5 Å². The van der Waals surface area contributed by atoms with Crippen LogP contribution in [0.15, 0.2) is 58.4 Å². The normalized spacial score (nSPS) is 13.1. The van der Waals surface area contributed by atoms with Gasteiger partial charge in [0.1, 0.15) is 17.3 Å². The average molecular weight is 451 g/mol. The van der Waals surface area contributed by atoms with Gasteiger partial charge in [-0.15, -0.1) is 0 Å². The van der Waals surface area contributed by atoms with Crippen molar-refractivity contribution in [1.82, 2.24) is 4.98 Å². The number of aliphatic imine (C=N–C) groups is 1. The van der Waals surface area contributed by atoms with Gasteiger partial charge in [0.25, 0.3) is 10.0 Å². The summed E-state index contributed by atoms with van der Waals surface area (Å²) >= 11 is 12.0. The number of nitrogens with one attached hydrogen (secondary N) is 1. The highest BCUT2D eigenvalue weighted by molar-refractivity contribution is 7.92. The van der Waals surface area contributed by atoms with Crippen LogP contribution in [0.25, 0.3) is 11.3 Å². The molecule has 6 nitrogen and oxygen atoms in total. The third-order valence-corrected chi connectivity index (χ3v) is 6.34. The first-order valence-corrected chi connectivity index (χ1v) is 10.6. The highest BCUT2D eigenvalue weighted by atomic mass is 35.5. The van der Waals surface area contributed by atoms with Crippen molar-refractivity contribution in [3.63, 3.8) is 0 Å². The molecule has 148 valence electrons. The maximum Gasteiger partial charge on any atom is 0.261 e. The Balaban J connectivity index is 1.63. The van der Waals surface area contributed by atoms with Crippen LogP contribution >= 0.6 is 23.2 Å². The summed E-state index contributed by atoms with van der Waals surface area (Å²) in [5, 5.41) is 0.123. The second-order valence-corrected chi connectivity index (χ2v) is 8.78. The summed E-state index contributed by atoms with van der Waals surface area (Å²) < 4.78 is 41.0. The Morgan fingerprint density at radius 2 is 1.83 bits per heavy atom. The Kier molecular flexibility index (Phi) is 4.94. The molecule has 3 N–H and O–H groups in total. The first kappa shape index (κ1) is 19.6. The van der Waals surface area contributed by atoms with Crippen molar-refractivity contribution in [2.24, 2.45) is 10.7 Å². The van der Waals surface area contributed by atoms with Crippen LogP contribution in [-0.4, -0.2) is 19.2 Å². The topological polar surface area (TPSA) is 97.4 Å². The molecule has 0 saturated carbocycles. The fourth-order valence-corrected chi connectivity index (χ4v) is 4.33. The van der Waals surface area contributed by atoms with Gasteiger partial charge in [-0.1, -0.05) is 29.3 Å². The summed E-state index contributed by atoms with van der Waals surface area (Å²) in [4.78, 5) is 8.39. The van der Waals surface area contributed by atoms with Crippen molar-refractivity contribution in [1.29, 1.82) is 0 Å². The summed E-state index contributed by atoms with van der Waals surface area (Å²) in [5.41, 5.74) is 8.81. The van der Waals surface area contributed by atoms with Gasteiger partial charge in [0, 0.05) is 11.1 Å². The SMILES string of the molecule is NC1=NCc2ccc(-c3ccc(NS(=O)(=O)c4ccc(Cl)c(F)c4)cc3Cl)nc21. The zero-order valence-electron chi connectivity index (χ0n) is 14.7. The minimum Gasteiger partial charge on any atom is -0.382 e. The summed E-state index contributed by atoms with van der Waals surface area (Å²) in [7, 11) is -4.02.